The summed E-state index contributed by atoms with van der Waals surface area (Å²) in [7, 11) is 0. The lowest BCUT2D eigenvalue weighted by Gasteiger charge is -2.22. The third-order valence-electron chi connectivity index (χ3n) is 3.22. The number of amides is 2. The number of esters is 1. The normalized spacial score (nSPS) is 16.6. The summed E-state index contributed by atoms with van der Waals surface area (Å²) in [6.45, 7) is 8.84. The Morgan fingerprint density at radius 3 is 2.81 bits per heavy atom. The van der Waals surface area contributed by atoms with Gasteiger partial charge in [-0.05, 0) is 39.0 Å². The molecule has 0 aromatic heterocycles. The Morgan fingerprint density at radius 2 is 2.15 bits per heavy atom. The van der Waals surface area contributed by atoms with E-state index in [0.717, 1.165) is 4.90 Å². The molecule has 0 bridgehead atoms. The average molecular weight is 378 g/mol. The van der Waals surface area contributed by atoms with Crippen LogP contribution >= 0.6 is 11.8 Å². The lowest BCUT2D eigenvalue weighted by atomic mass is 10.2. The molecular formula is C18H22N2O5S. The molecule has 0 fully saturated rings. The molecule has 0 saturated carbocycles. The summed E-state index contributed by atoms with van der Waals surface area (Å²) in [5.41, 5.74) is 0.175. The monoisotopic (exact) mass is 378 g/mol. The molecule has 1 heterocycles. The number of hydrogen-bond acceptors (Lipinski definition) is 6. The van der Waals surface area contributed by atoms with Crippen molar-refractivity contribution in [2.24, 2.45) is 0 Å². The Morgan fingerprint density at radius 1 is 1.42 bits per heavy atom. The Hall–Kier alpha value is -2.48. The molecule has 0 saturated heterocycles. The van der Waals surface area contributed by atoms with E-state index in [4.69, 9.17) is 9.47 Å². The number of thioether (sulfide) groups is 1. The zero-order valence-corrected chi connectivity index (χ0v) is 15.8. The second-order valence-corrected chi connectivity index (χ2v) is 7.66. The quantitative estimate of drug-likeness (QED) is 0.618. The number of alkyl carbamates (subject to hydrolysis) is 1. The van der Waals surface area contributed by atoms with Crippen molar-refractivity contribution in [3.63, 3.8) is 0 Å². The number of benzene rings is 1. The van der Waals surface area contributed by atoms with Crippen LogP contribution in [0.4, 0.5) is 10.5 Å². The van der Waals surface area contributed by atoms with Gasteiger partial charge in [0.05, 0.1) is 11.3 Å². The highest BCUT2D eigenvalue weighted by Crippen LogP contribution is 2.32. The summed E-state index contributed by atoms with van der Waals surface area (Å²) in [5, 5.41) is 5.30. The van der Waals surface area contributed by atoms with Crippen molar-refractivity contribution in [3.05, 3.63) is 36.4 Å². The molecule has 1 aliphatic heterocycles. The summed E-state index contributed by atoms with van der Waals surface area (Å²) in [6, 6.07) is 4.17. The third-order valence-corrected chi connectivity index (χ3v) is 4.39. The fourth-order valence-electron chi connectivity index (χ4n) is 2.12. The second-order valence-electron chi connectivity index (χ2n) is 6.60. The van der Waals surface area contributed by atoms with Crippen molar-refractivity contribution in [1.29, 1.82) is 0 Å². The van der Waals surface area contributed by atoms with Crippen molar-refractivity contribution < 1.29 is 23.9 Å². The van der Waals surface area contributed by atoms with Gasteiger partial charge in [0.1, 0.15) is 18.2 Å². The summed E-state index contributed by atoms with van der Waals surface area (Å²) < 4.78 is 10.2. The van der Waals surface area contributed by atoms with E-state index >= 15 is 0 Å². The Bertz CT molecular complexity index is 727. The Labute approximate surface area is 156 Å². The van der Waals surface area contributed by atoms with Gasteiger partial charge in [-0.2, -0.15) is 0 Å². The highest BCUT2D eigenvalue weighted by Gasteiger charge is 2.28. The minimum Gasteiger partial charge on any atom is -0.458 e. The van der Waals surface area contributed by atoms with Crippen LogP contribution in [0.3, 0.4) is 0 Å². The molecule has 7 nitrogen and oxygen atoms in total. The number of hydrogen-bond donors (Lipinski definition) is 2. The lowest BCUT2D eigenvalue weighted by Crippen LogP contribution is -2.46. The van der Waals surface area contributed by atoms with Gasteiger partial charge >= 0.3 is 12.1 Å². The molecule has 1 aromatic carbocycles. The van der Waals surface area contributed by atoms with Crippen molar-refractivity contribution in [1.82, 2.24) is 5.32 Å². The first kappa shape index (κ1) is 19.8. The molecule has 0 radical (unpaired) electrons. The van der Waals surface area contributed by atoms with Crippen LogP contribution in [0.15, 0.2) is 35.7 Å². The zero-order chi connectivity index (χ0) is 19.3. The van der Waals surface area contributed by atoms with Gasteiger partial charge in [0.25, 0.3) is 0 Å². The topological polar surface area (TPSA) is 93.7 Å². The van der Waals surface area contributed by atoms with Gasteiger partial charge in [-0.3, -0.25) is 4.79 Å². The van der Waals surface area contributed by atoms with E-state index in [9.17, 15) is 14.4 Å². The van der Waals surface area contributed by atoms with Crippen LogP contribution < -0.4 is 10.6 Å². The summed E-state index contributed by atoms with van der Waals surface area (Å²) >= 11 is 1.40. The highest BCUT2D eigenvalue weighted by molar-refractivity contribution is 7.99. The van der Waals surface area contributed by atoms with Crippen molar-refractivity contribution >= 4 is 35.4 Å². The average Bonchev–Trinajstić information content (AvgIpc) is 2.69. The number of anilines is 1. The molecule has 2 N–H and O–H groups in total. The molecular weight excluding hydrogens is 356 g/mol. The van der Waals surface area contributed by atoms with Gasteiger partial charge in [-0.25, -0.2) is 9.59 Å². The molecule has 8 heteroatoms. The van der Waals surface area contributed by atoms with Gasteiger partial charge in [-0.1, -0.05) is 12.7 Å². The Kier molecular flexibility index (Phi) is 6.31. The zero-order valence-electron chi connectivity index (χ0n) is 15.0. The van der Waals surface area contributed by atoms with Crippen LogP contribution in [0.2, 0.25) is 0 Å². The van der Waals surface area contributed by atoms with Crippen LogP contribution in [0.5, 0.6) is 0 Å². The number of nitrogens with one attached hydrogen (secondary N) is 2. The largest absolute Gasteiger partial charge is 0.458 e. The molecule has 0 spiro atoms. The maximum absolute atomic E-state index is 12.4. The van der Waals surface area contributed by atoms with E-state index in [2.05, 4.69) is 17.2 Å². The van der Waals surface area contributed by atoms with E-state index in [1.54, 1.807) is 39.0 Å². The summed E-state index contributed by atoms with van der Waals surface area (Å²) in [4.78, 5) is 37.1. The maximum atomic E-state index is 12.4. The van der Waals surface area contributed by atoms with Crippen LogP contribution in [-0.4, -0.2) is 42.0 Å². The first-order valence-corrected chi connectivity index (χ1v) is 9.03. The number of rotatable bonds is 4. The molecule has 1 aliphatic rings. The van der Waals surface area contributed by atoms with Gasteiger partial charge in [0, 0.05) is 10.6 Å². The fourth-order valence-corrected chi connectivity index (χ4v) is 3.13. The molecule has 140 valence electrons. The number of ether oxygens (including phenoxy) is 2. The molecule has 2 amide bonds. The van der Waals surface area contributed by atoms with Crippen LogP contribution in [0, 0.1) is 0 Å². The van der Waals surface area contributed by atoms with E-state index in [1.165, 1.54) is 17.8 Å². The predicted octanol–water partition coefficient (Wildman–Crippen LogP) is 2.97. The van der Waals surface area contributed by atoms with E-state index in [-0.39, 0.29) is 12.5 Å². The number of carbonyl (C=O) groups is 3. The molecule has 1 atom stereocenters. The Balaban J connectivity index is 2.08. The van der Waals surface area contributed by atoms with Gasteiger partial charge in [0.2, 0.25) is 5.91 Å². The smallest absolute Gasteiger partial charge is 0.408 e. The minimum absolute atomic E-state index is 0.110. The van der Waals surface area contributed by atoms with Crippen LogP contribution in [-0.2, 0) is 14.3 Å². The molecule has 2 rings (SSSR count). The molecule has 0 unspecified atom stereocenters. The summed E-state index contributed by atoms with van der Waals surface area (Å²) in [6.07, 6.45) is 0.823. The first-order valence-electron chi connectivity index (χ1n) is 8.05. The van der Waals surface area contributed by atoms with Crippen molar-refractivity contribution in [2.75, 3.05) is 17.7 Å². The molecule has 26 heavy (non-hydrogen) atoms. The molecule has 1 aromatic rings. The van der Waals surface area contributed by atoms with Crippen LogP contribution in [0.25, 0.3) is 0 Å². The number of fused-ring (bicyclic) bond motifs is 1. The fraction of sp³-hybridized carbons (Fsp3) is 0.389. The lowest BCUT2D eigenvalue weighted by molar-refractivity contribution is -0.117. The van der Waals surface area contributed by atoms with Crippen molar-refractivity contribution in [3.8, 4) is 0 Å². The maximum Gasteiger partial charge on any atom is 0.408 e. The van der Waals surface area contributed by atoms with E-state index in [1.807, 2.05) is 0 Å². The van der Waals surface area contributed by atoms with E-state index in [0.29, 0.717) is 17.0 Å². The van der Waals surface area contributed by atoms with Gasteiger partial charge < -0.3 is 20.1 Å². The van der Waals surface area contributed by atoms with E-state index < -0.39 is 23.7 Å². The van der Waals surface area contributed by atoms with Gasteiger partial charge in [-0.15, -0.1) is 11.8 Å². The highest BCUT2D eigenvalue weighted by atomic mass is 32.2. The van der Waals surface area contributed by atoms with Crippen molar-refractivity contribution in [2.45, 2.75) is 37.3 Å². The minimum atomic E-state index is -0.751. The molecule has 0 aliphatic carbocycles. The second kappa shape index (κ2) is 8.27. The predicted molar refractivity (Wildman–Crippen MR) is 99.4 cm³/mol. The summed E-state index contributed by atoms with van der Waals surface area (Å²) in [5.74, 6) is -0.531. The SMILES string of the molecule is C=CCOC(=O)c1ccc2c(c1)NC(=O)[C@H](NC(=O)OC(C)(C)C)CS2. The third kappa shape index (κ3) is 5.52. The number of carbonyl (C=O) groups excluding carboxylic acids is 3. The first-order chi connectivity index (χ1) is 12.2. The van der Waals surface area contributed by atoms with Crippen LogP contribution in [0.1, 0.15) is 31.1 Å². The van der Waals surface area contributed by atoms with Gasteiger partial charge in [0.15, 0.2) is 0 Å². The standard InChI is InChI=1S/C18H22N2O5S/c1-5-8-24-16(22)11-6-7-14-12(9-11)19-15(21)13(10-26-14)20-17(23)25-18(2,3)4/h5-7,9,13H,1,8,10H2,2-4H3,(H,19,21)(H,20,23)/t13-/m1/s1.